The number of hydrogen-bond acceptors (Lipinski definition) is 7. The van der Waals surface area contributed by atoms with E-state index in [1.54, 1.807) is 12.1 Å². The summed E-state index contributed by atoms with van der Waals surface area (Å²) in [5.74, 6) is -1.55. The van der Waals surface area contributed by atoms with Gasteiger partial charge >= 0.3 is 12.6 Å². The van der Waals surface area contributed by atoms with E-state index < -0.39 is 43.4 Å². The van der Waals surface area contributed by atoms with Crippen LogP contribution in [0.5, 0.6) is 0 Å². The largest absolute Gasteiger partial charge is 0.447 e. The highest BCUT2D eigenvalue weighted by Crippen LogP contribution is 2.65. The lowest BCUT2D eigenvalue weighted by Gasteiger charge is -2.31. The van der Waals surface area contributed by atoms with Gasteiger partial charge in [0, 0.05) is 30.4 Å². The number of aliphatic imine (C=N–C) groups is 1. The summed E-state index contributed by atoms with van der Waals surface area (Å²) < 4.78 is 60.4. The van der Waals surface area contributed by atoms with E-state index >= 15 is 0 Å². The van der Waals surface area contributed by atoms with Gasteiger partial charge in [0.2, 0.25) is 0 Å². The maximum atomic E-state index is 14.1. The molecule has 2 aromatic carbocycles. The molecule has 12 nitrogen and oxygen atoms in total. The number of nitrogens with two attached hydrogens (primary N) is 1. The Morgan fingerprint density at radius 3 is 2.51 bits per heavy atom. The van der Waals surface area contributed by atoms with Crippen LogP contribution in [-0.2, 0) is 4.74 Å². The van der Waals surface area contributed by atoms with Crippen molar-refractivity contribution in [1.29, 1.82) is 0 Å². The van der Waals surface area contributed by atoms with E-state index in [0.29, 0.717) is 21.4 Å². The number of hydrogen-bond donors (Lipinski definition) is 2. The number of rotatable bonds is 10. The number of alkyl halides is 4. The number of halogens is 5. The zero-order valence-corrected chi connectivity index (χ0v) is 25.5. The van der Waals surface area contributed by atoms with Gasteiger partial charge in [0.05, 0.1) is 22.9 Å². The Labute approximate surface area is 270 Å². The standard InChI is InChI=1S/C30H28ClF4N9O3/c1-37-28(36)43(26(45)17-4-2-16(3-5-17)19-12-39-42(13-19)27(34)35)22(14-47-29(46)41-23-11-30(23)8-9-30)18-6-7-20(31)21(10-18)44-25(24(32)33)38-15-40-44/h2-7,10,12-13,15,22-24,27H,8-9,11,14H2,1H3,(H2,36,37)(H,41,46). The molecule has 0 aliphatic heterocycles. The topological polar surface area (TPSA) is 146 Å². The Kier molecular flexibility index (Phi) is 8.61. The third-order valence-corrected chi connectivity index (χ3v) is 8.69. The fourth-order valence-corrected chi connectivity index (χ4v) is 5.66. The van der Waals surface area contributed by atoms with Gasteiger partial charge in [-0.15, -0.1) is 0 Å². The fraction of sp³-hybridized carbons (Fsp3) is 0.333. The molecule has 2 amide bonds. The Balaban J connectivity index is 1.34. The Hall–Kier alpha value is -4.99. The van der Waals surface area contributed by atoms with E-state index in [9.17, 15) is 27.2 Å². The van der Waals surface area contributed by atoms with Crippen molar-refractivity contribution < 1.29 is 31.9 Å². The number of guanidine groups is 1. The number of aromatic nitrogens is 5. The number of ether oxygens (including phenoxy) is 1. The minimum atomic E-state index is -2.97. The van der Waals surface area contributed by atoms with Crippen molar-refractivity contribution in [3.63, 3.8) is 0 Å². The highest BCUT2D eigenvalue weighted by atomic mass is 35.5. The summed E-state index contributed by atoms with van der Waals surface area (Å²) in [7, 11) is 1.36. The lowest BCUT2D eigenvalue weighted by Crippen LogP contribution is -2.46. The van der Waals surface area contributed by atoms with E-state index in [2.05, 4.69) is 25.5 Å². The van der Waals surface area contributed by atoms with E-state index in [0.717, 1.165) is 35.2 Å². The molecular weight excluding hydrogens is 646 g/mol. The van der Waals surface area contributed by atoms with Crippen LogP contribution in [-0.4, -0.2) is 67.1 Å². The molecule has 3 N–H and O–H groups in total. The predicted molar refractivity (Wildman–Crippen MR) is 161 cm³/mol. The van der Waals surface area contributed by atoms with Crippen molar-refractivity contribution in [1.82, 2.24) is 34.8 Å². The number of alkyl carbamates (subject to hydrolysis) is 1. The lowest BCUT2D eigenvalue weighted by molar-refractivity contribution is 0.0566. The van der Waals surface area contributed by atoms with Crippen molar-refractivity contribution in [2.24, 2.45) is 16.1 Å². The Bertz CT molecular complexity index is 1820. The average Bonchev–Trinajstić information content (AvgIpc) is 3.78. The third-order valence-electron chi connectivity index (χ3n) is 8.37. The molecule has 2 fully saturated rings. The zero-order chi connectivity index (χ0) is 33.5. The van der Waals surface area contributed by atoms with Gasteiger partial charge in [0.15, 0.2) is 11.8 Å². The van der Waals surface area contributed by atoms with Crippen LogP contribution in [0.2, 0.25) is 5.02 Å². The van der Waals surface area contributed by atoms with E-state index in [4.69, 9.17) is 22.1 Å². The normalized spacial score (nSPS) is 17.2. The number of nitrogens with zero attached hydrogens (tertiary/aromatic N) is 7. The van der Waals surface area contributed by atoms with Gasteiger partial charge in [-0.3, -0.25) is 14.7 Å². The lowest BCUT2D eigenvalue weighted by atomic mass is 10.0. The first-order valence-electron chi connectivity index (χ1n) is 14.4. The van der Waals surface area contributed by atoms with E-state index in [-0.39, 0.29) is 33.7 Å². The van der Waals surface area contributed by atoms with Crippen LogP contribution in [0, 0.1) is 5.41 Å². The van der Waals surface area contributed by atoms with Crippen molar-refractivity contribution in [2.75, 3.05) is 13.7 Å². The Morgan fingerprint density at radius 2 is 1.89 bits per heavy atom. The molecule has 0 saturated heterocycles. The second kappa shape index (κ2) is 12.7. The molecule has 246 valence electrons. The number of amides is 2. The third kappa shape index (κ3) is 6.50. The SMILES string of the molecule is CN=C(N)N(C(=O)c1ccc(-c2cnn(C(F)F)c2)cc1)C(COC(=O)NC1CC12CC2)c1ccc(Cl)c(-n2ncnc2C(F)F)c1. The molecule has 17 heteroatoms. The fourth-order valence-electron chi connectivity index (χ4n) is 5.46. The molecule has 2 aliphatic rings. The smallest absolute Gasteiger partial charge is 0.407 e. The highest BCUT2D eigenvalue weighted by Gasteiger charge is 2.63. The maximum absolute atomic E-state index is 14.1. The molecule has 2 heterocycles. The number of carbonyl (C=O) groups excluding carboxylic acids is 2. The number of benzene rings is 2. The van der Waals surface area contributed by atoms with Crippen LogP contribution in [0.4, 0.5) is 22.4 Å². The Morgan fingerprint density at radius 1 is 1.15 bits per heavy atom. The summed E-state index contributed by atoms with van der Waals surface area (Å²) in [5.41, 5.74) is 7.83. The minimum Gasteiger partial charge on any atom is -0.447 e. The molecule has 0 radical (unpaired) electrons. The summed E-state index contributed by atoms with van der Waals surface area (Å²) in [6, 6.07) is 9.31. The van der Waals surface area contributed by atoms with Crippen molar-refractivity contribution in [2.45, 2.75) is 44.3 Å². The summed E-state index contributed by atoms with van der Waals surface area (Å²) in [6.07, 6.45) is 2.69. The van der Waals surface area contributed by atoms with Gasteiger partial charge in [-0.2, -0.15) is 19.0 Å². The van der Waals surface area contributed by atoms with Crippen molar-refractivity contribution in [3.8, 4) is 16.8 Å². The van der Waals surface area contributed by atoms with Gasteiger partial charge in [-0.05, 0) is 60.1 Å². The monoisotopic (exact) mass is 673 g/mol. The summed E-state index contributed by atoms with van der Waals surface area (Å²) >= 11 is 6.40. The minimum absolute atomic E-state index is 0.0157. The maximum Gasteiger partial charge on any atom is 0.407 e. The van der Waals surface area contributed by atoms with Gasteiger partial charge in [-0.25, -0.2) is 27.9 Å². The molecule has 2 aromatic heterocycles. The molecule has 2 saturated carbocycles. The van der Waals surface area contributed by atoms with Crippen molar-refractivity contribution in [3.05, 3.63) is 83.2 Å². The predicted octanol–water partition coefficient (Wildman–Crippen LogP) is 5.52. The van der Waals surface area contributed by atoms with Crippen LogP contribution < -0.4 is 11.1 Å². The van der Waals surface area contributed by atoms with Gasteiger partial charge in [-0.1, -0.05) is 29.8 Å². The second-order valence-corrected chi connectivity index (χ2v) is 11.6. The summed E-state index contributed by atoms with van der Waals surface area (Å²) in [5, 5.41) is 10.4. The molecule has 47 heavy (non-hydrogen) atoms. The molecular formula is C30H28ClF4N9O3. The number of carbonyl (C=O) groups is 2. The molecule has 2 unspecified atom stereocenters. The van der Waals surface area contributed by atoms with E-state index in [1.165, 1.54) is 49.8 Å². The first kappa shape index (κ1) is 32.0. The van der Waals surface area contributed by atoms with Crippen LogP contribution in [0.25, 0.3) is 16.8 Å². The molecule has 6 rings (SSSR count). The molecule has 2 atom stereocenters. The van der Waals surface area contributed by atoms with Gasteiger partial charge in [0.1, 0.15) is 12.9 Å². The van der Waals surface area contributed by atoms with Crippen LogP contribution in [0.15, 0.2) is 66.2 Å². The quantitative estimate of drug-likeness (QED) is 0.128. The van der Waals surface area contributed by atoms with Gasteiger partial charge in [0.25, 0.3) is 12.3 Å². The first-order chi connectivity index (χ1) is 22.5. The van der Waals surface area contributed by atoms with Crippen LogP contribution in [0.3, 0.4) is 0 Å². The second-order valence-electron chi connectivity index (χ2n) is 11.2. The molecule has 1 spiro atoms. The molecule has 0 bridgehead atoms. The van der Waals surface area contributed by atoms with Crippen LogP contribution >= 0.6 is 11.6 Å². The van der Waals surface area contributed by atoms with Gasteiger partial charge < -0.3 is 15.8 Å². The van der Waals surface area contributed by atoms with E-state index in [1.807, 2.05) is 0 Å². The zero-order valence-electron chi connectivity index (χ0n) is 24.7. The summed E-state index contributed by atoms with van der Waals surface area (Å²) in [6.45, 7) is -3.21. The first-order valence-corrected chi connectivity index (χ1v) is 14.8. The molecule has 2 aliphatic carbocycles. The van der Waals surface area contributed by atoms with Crippen LogP contribution in [0.1, 0.15) is 60.0 Å². The van der Waals surface area contributed by atoms with Crippen molar-refractivity contribution >= 4 is 29.6 Å². The number of nitrogens with one attached hydrogen (secondary N) is 1. The summed E-state index contributed by atoms with van der Waals surface area (Å²) in [4.78, 5) is 35.6. The molecule has 4 aromatic rings. The average molecular weight is 674 g/mol. The highest BCUT2D eigenvalue weighted by molar-refractivity contribution is 6.32.